The highest BCUT2D eigenvalue weighted by Crippen LogP contribution is 2.19. The van der Waals surface area contributed by atoms with Crippen molar-refractivity contribution in [3.05, 3.63) is 46.6 Å². The van der Waals surface area contributed by atoms with Gasteiger partial charge in [-0.3, -0.25) is 0 Å². The predicted molar refractivity (Wildman–Crippen MR) is 79.8 cm³/mol. The van der Waals surface area contributed by atoms with Crippen molar-refractivity contribution in [1.82, 2.24) is 9.97 Å². The van der Waals surface area contributed by atoms with Gasteiger partial charge in [-0.15, -0.1) is 0 Å². The maximum Gasteiger partial charge on any atom is 0.224 e. The summed E-state index contributed by atoms with van der Waals surface area (Å²) in [5.41, 5.74) is 0.567. The Bertz CT molecular complexity index is 602. The van der Waals surface area contributed by atoms with E-state index in [1.165, 1.54) is 18.3 Å². The number of aromatic nitrogens is 2. The first kappa shape index (κ1) is 15.4. The van der Waals surface area contributed by atoms with E-state index in [0.29, 0.717) is 41.9 Å². The first-order valence-electron chi connectivity index (χ1n) is 6.53. The fourth-order valence-electron chi connectivity index (χ4n) is 1.81. The van der Waals surface area contributed by atoms with Gasteiger partial charge < -0.3 is 10.6 Å². The highest BCUT2D eigenvalue weighted by molar-refractivity contribution is 6.32. The zero-order valence-corrected chi connectivity index (χ0v) is 12.2. The van der Waals surface area contributed by atoms with Crippen molar-refractivity contribution in [2.75, 3.05) is 23.7 Å². The van der Waals surface area contributed by atoms with Gasteiger partial charge in [-0.1, -0.05) is 11.6 Å². The van der Waals surface area contributed by atoms with Gasteiger partial charge in [0.05, 0.1) is 6.20 Å². The summed E-state index contributed by atoms with van der Waals surface area (Å²) < 4.78 is 26.1. The zero-order chi connectivity index (χ0) is 15.2. The van der Waals surface area contributed by atoms with Crippen LogP contribution in [0.3, 0.4) is 0 Å². The molecule has 0 spiro atoms. The Morgan fingerprint density at radius 1 is 1.14 bits per heavy atom. The summed E-state index contributed by atoms with van der Waals surface area (Å²) >= 11 is 5.99. The molecule has 4 nitrogen and oxygen atoms in total. The van der Waals surface area contributed by atoms with Gasteiger partial charge in [0.2, 0.25) is 5.95 Å². The molecule has 1 aromatic heterocycles. The van der Waals surface area contributed by atoms with Crippen molar-refractivity contribution >= 4 is 23.4 Å². The Labute approximate surface area is 126 Å². The minimum Gasteiger partial charge on any atom is -0.368 e. The van der Waals surface area contributed by atoms with E-state index >= 15 is 0 Å². The van der Waals surface area contributed by atoms with E-state index in [-0.39, 0.29) is 0 Å². The number of anilines is 2. The average Bonchev–Trinajstić information content (AvgIpc) is 2.41. The van der Waals surface area contributed by atoms with E-state index in [0.717, 1.165) is 6.07 Å². The first-order chi connectivity index (χ1) is 10.1. The highest BCUT2D eigenvalue weighted by atomic mass is 35.5. The molecule has 7 heteroatoms. The number of benzene rings is 1. The number of halogens is 3. The lowest BCUT2D eigenvalue weighted by atomic mass is 10.1. The lowest BCUT2D eigenvalue weighted by Crippen LogP contribution is -2.10. The SMILES string of the molecule is CCNc1ncc(Cl)c(NCCc2cc(F)cc(F)c2)n1. The summed E-state index contributed by atoms with van der Waals surface area (Å²) in [5.74, 6) is -0.209. The van der Waals surface area contributed by atoms with Gasteiger partial charge in [0.15, 0.2) is 0 Å². The van der Waals surface area contributed by atoms with Gasteiger partial charge in [-0.2, -0.15) is 4.98 Å². The van der Waals surface area contributed by atoms with Crippen molar-refractivity contribution in [1.29, 1.82) is 0 Å². The molecule has 0 radical (unpaired) electrons. The Morgan fingerprint density at radius 3 is 2.52 bits per heavy atom. The lowest BCUT2D eigenvalue weighted by molar-refractivity contribution is 0.580. The molecule has 0 aliphatic rings. The van der Waals surface area contributed by atoms with E-state index in [2.05, 4.69) is 20.6 Å². The molecule has 2 N–H and O–H groups in total. The smallest absolute Gasteiger partial charge is 0.224 e. The Balaban J connectivity index is 1.98. The standard InChI is InChI=1S/C14H15ClF2N4/c1-2-18-14-20-8-12(15)13(21-14)19-4-3-9-5-10(16)7-11(17)6-9/h5-8H,2-4H2,1H3,(H2,18,19,20,21). The Hall–Kier alpha value is -1.95. The topological polar surface area (TPSA) is 49.8 Å². The van der Waals surface area contributed by atoms with Crippen LogP contribution < -0.4 is 10.6 Å². The van der Waals surface area contributed by atoms with Crippen LogP contribution in [0.5, 0.6) is 0 Å². The second-order valence-corrected chi connectivity index (χ2v) is 4.78. The average molecular weight is 313 g/mol. The van der Waals surface area contributed by atoms with Crippen molar-refractivity contribution in [3.63, 3.8) is 0 Å². The molecule has 1 aromatic carbocycles. The summed E-state index contributed by atoms with van der Waals surface area (Å²) in [6, 6.07) is 3.45. The summed E-state index contributed by atoms with van der Waals surface area (Å²) in [6.07, 6.45) is 1.95. The van der Waals surface area contributed by atoms with Crippen LogP contribution in [0.15, 0.2) is 24.4 Å². The van der Waals surface area contributed by atoms with Gasteiger partial charge in [-0.05, 0) is 31.0 Å². The van der Waals surface area contributed by atoms with Crippen molar-refractivity contribution in [3.8, 4) is 0 Å². The molecule has 2 aromatic rings. The van der Waals surface area contributed by atoms with Crippen LogP contribution >= 0.6 is 11.6 Å². The second kappa shape index (κ2) is 7.17. The van der Waals surface area contributed by atoms with Crippen LogP contribution in [0.4, 0.5) is 20.5 Å². The van der Waals surface area contributed by atoms with Crippen LogP contribution in [0.25, 0.3) is 0 Å². The van der Waals surface area contributed by atoms with E-state index in [1.807, 2.05) is 6.92 Å². The molecule has 0 atom stereocenters. The maximum atomic E-state index is 13.1. The van der Waals surface area contributed by atoms with Crippen LogP contribution in [0.2, 0.25) is 5.02 Å². The molecule has 0 aliphatic carbocycles. The third kappa shape index (κ3) is 4.53. The normalized spacial score (nSPS) is 10.5. The minimum atomic E-state index is -0.584. The second-order valence-electron chi connectivity index (χ2n) is 4.37. The number of nitrogens with zero attached hydrogens (tertiary/aromatic N) is 2. The summed E-state index contributed by atoms with van der Waals surface area (Å²) in [6.45, 7) is 3.08. The quantitative estimate of drug-likeness (QED) is 0.857. The molecule has 2 rings (SSSR count). The van der Waals surface area contributed by atoms with Crippen LogP contribution in [0, 0.1) is 11.6 Å². The van der Waals surface area contributed by atoms with Crippen LogP contribution in [0.1, 0.15) is 12.5 Å². The molecule has 0 fully saturated rings. The van der Waals surface area contributed by atoms with E-state index in [1.54, 1.807) is 0 Å². The van der Waals surface area contributed by atoms with Crippen molar-refractivity contribution < 1.29 is 8.78 Å². The molecule has 0 unspecified atom stereocenters. The highest BCUT2D eigenvalue weighted by Gasteiger charge is 2.05. The number of hydrogen-bond donors (Lipinski definition) is 2. The summed E-state index contributed by atoms with van der Waals surface area (Å²) in [7, 11) is 0. The van der Waals surface area contributed by atoms with Gasteiger partial charge in [0.25, 0.3) is 0 Å². The molecular formula is C14H15ClF2N4. The number of rotatable bonds is 6. The first-order valence-corrected chi connectivity index (χ1v) is 6.91. The summed E-state index contributed by atoms with van der Waals surface area (Å²) in [5, 5.41) is 6.40. The zero-order valence-electron chi connectivity index (χ0n) is 11.5. The fourth-order valence-corrected chi connectivity index (χ4v) is 1.97. The third-order valence-electron chi connectivity index (χ3n) is 2.71. The van der Waals surface area contributed by atoms with Gasteiger partial charge in [0.1, 0.15) is 22.5 Å². The molecular weight excluding hydrogens is 298 g/mol. The predicted octanol–water partition coefficient (Wildman–Crippen LogP) is 3.49. The largest absolute Gasteiger partial charge is 0.368 e. The van der Waals surface area contributed by atoms with Crippen molar-refractivity contribution in [2.45, 2.75) is 13.3 Å². The Morgan fingerprint density at radius 2 is 1.86 bits per heavy atom. The van der Waals surface area contributed by atoms with Crippen molar-refractivity contribution in [2.24, 2.45) is 0 Å². The minimum absolute atomic E-state index is 0.391. The molecule has 112 valence electrons. The Kier molecular flexibility index (Phi) is 5.27. The summed E-state index contributed by atoms with van der Waals surface area (Å²) in [4.78, 5) is 8.24. The molecule has 1 heterocycles. The monoisotopic (exact) mass is 312 g/mol. The van der Waals surface area contributed by atoms with Gasteiger partial charge in [-0.25, -0.2) is 13.8 Å². The molecule has 0 amide bonds. The van der Waals surface area contributed by atoms with Gasteiger partial charge in [0, 0.05) is 19.2 Å². The molecule has 0 bridgehead atoms. The molecule has 21 heavy (non-hydrogen) atoms. The molecule has 0 saturated heterocycles. The fraction of sp³-hybridized carbons (Fsp3) is 0.286. The maximum absolute atomic E-state index is 13.1. The van der Waals surface area contributed by atoms with E-state index in [9.17, 15) is 8.78 Å². The van der Waals surface area contributed by atoms with Crippen LogP contribution in [-0.2, 0) is 6.42 Å². The van der Waals surface area contributed by atoms with E-state index < -0.39 is 11.6 Å². The van der Waals surface area contributed by atoms with Crippen LogP contribution in [-0.4, -0.2) is 23.1 Å². The third-order valence-corrected chi connectivity index (χ3v) is 2.98. The lowest BCUT2D eigenvalue weighted by Gasteiger charge is -2.09. The van der Waals surface area contributed by atoms with E-state index in [4.69, 9.17) is 11.6 Å². The molecule has 0 aliphatic heterocycles. The molecule has 0 saturated carbocycles. The van der Waals surface area contributed by atoms with Gasteiger partial charge >= 0.3 is 0 Å². The number of nitrogens with one attached hydrogen (secondary N) is 2. The number of hydrogen-bond acceptors (Lipinski definition) is 4.